The second-order valence-corrected chi connectivity index (χ2v) is 8.98. The average molecular weight is 435 g/mol. The molecule has 0 aromatic heterocycles. The van der Waals surface area contributed by atoms with Gasteiger partial charge in [0.2, 0.25) is 11.7 Å². The first-order valence-electron chi connectivity index (χ1n) is 11.8. The van der Waals surface area contributed by atoms with Crippen LogP contribution in [0.1, 0.15) is 72.8 Å². The van der Waals surface area contributed by atoms with Gasteiger partial charge in [-0.2, -0.15) is 0 Å². The molecule has 2 unspecified atom stereocenters. The zero-order chi connectivity index (χ0) is 23.0. The number of likely N-dealkylation sites (N-methyl/N-ethyl adjacent to an activating group) is 1. The third-order valence-corrected chi connectivity index (χ3v) is 6.33. The fraction of sp³-hybridized carbons (Fsp3) is 0.720. The quantitative estimate of drug-likeness (QED) is 0.543. The summed E-state index contributed by atoms with van der Waals surface area (Å²) in [5.74, 6) is 2.61. The molecule has 0 aliphatic heterocycles. The Morgan fingerprint density at radius 2 is 1.58 bits per heavy atom. The number of hydrogen-bond acceptors (Lipinski definition) is 5. The van der Waals surface area contributed by atoms with Crippen LogP contribution < -0.4 is 19.5 Å². The molecule has 0 bridgehead atoms. The largest absolute Gasteiger partial charge is 0.490 e. The highest BCUT2D eigenvalue weighted by atomic mass is 16.5. The maximum absolute atomic E-state index is 13.2. The Kier molecular flexibility index (Phi) is 9.48. The van der Waals surface area contributed by atoms with Crippen LogP contribution in [0.25, 0.3) is 0 Å². The highest BCUT2D eigenvalue weighted by Gasteiger charge is 2.35. The number of rotatable bonds is 11. The van der Waals surface area contributed by atoms with Crippen molar-refractivity contribution in [2.75, 3.05) is 26.9 Å². The Morgan fingerprint density at radius 1 is 1.03 bits per heavy atom. The Balaban J connectivity index is 2.19. The van der Waals surface area contributed by atoms with Crippen molar-refractivity contribution in [1.82, 2.24) is 10.2 Å². The molecule has 6 heteroatoms. The van der Waals surface area contributed by atoms with Gasteiger partial charge >= 0.3 is 0 Å². The summed E-state index contributed by atoms with van der Waals surface area (Å²) in [5.41, 5.74) is 0.373. The fourth-order valence-electron chi connectivity index (χ4n) is 4.05. The van der Waals surface area contributed by atoms with E-state index in [9.17, 15) is 4.79 Å². The van der Waals surface area contributed by atoms with Crippen molar-refractivity contribution in [3.63, 3.8) is 0 Å². The van der Waals surface area contributed by atoms with Crippen molar-refractivity contribution >= 4 is 5.91 Å². The number of benzene rings is 1. The zero-order valence-corrected chi connectivity index (χ0v) is 20.5. The van der Waals surface area contributed by atoms with Crippen molar-refractivity contribution < 1.29 is 19.0 Å². The standard InChI is InChI=1S/C25H42N2O4/c1-8-29-21-15-19(16-22(30-9-2)23(21)31-10-3)17-27(7)25(5,6)24(28)26-20-14-12-11-13-18(20)4/h15-16,18,20H,8-14,17H2,1-7H3,(H,26,28). The number of nitrogens with one attached hydrogen (secondary N) is 1. The molecule has 2 rings (SSSR count). The smallest absolute Gasteiger partial charge is 0.240 e. The van der Waals surface area contributed by atoms with E-state index in [1.54, 1.807) is 0 Å². The van der Waals surface area contributed by atoms with Gasteiger partial charge in [0.1, 0.15) is 0 Å². The molecule has 1 aliphatic rings. The number of nitrogens with zero attached hydrogens (tertiary/aromatic N) is 1. The maximum Gasteiger partial charge on any atom is 0.240 e. The van der Waals surface area contributed by atoms with Crippen LogP contribution in [-0.2, 0) is 11.3 Å². The van der Waals surface area contributed by atoms with E-state index in [0.29, 0.717) is 49.5 Å². The van der Waals surface area contributed by atoms with Crippen molar-refractivity contribution in [2.45, 2.75) is 85.4 Å². The summed E-state index contributed by atoms with van der Waals surface area (Å²) in [6.45, 7) is 14.3. The van der Waals surface area contributed by atoms with E-state index < -0.39 is 5.54 Å². The van der Waals surface area contributed by atoms with E-state index in [2.05, 4.69) is 17.1 Å². The van der Waals surface area contributed by atoms with Gasteiger partial charge in [0.15, 0.2) is 11.5 Å². The molecule has 6 nitrogen and oxygen atoms in total. The van der Waals surface area contributed by atoms with E-state index in [1.807, 2.05) is 53.8 Å². The third kappa shape index (κ3) is 6.52. The van der Waals surface area contributed by atoms with Crippen LogP contribution in [0.5, 0.6) is 17.2 Å². The van der Waals surface area contributed by atoms with Crippen molar-refractivity contribution in [2.24, 2.45) is 5.92 Å². The van der Waals surface area contributed by atoms with Crippen LogP contribution in [0.3, 0.4) is 0 Å². The molecular weight excluding hydrogens is 392 g/mol. The average Bonchev–Trinajstić information content (AvgIpc) is 2.72. The maximum atomic E-state index is 13.2. The Hall–Kier alpha value is -1.95. The molecule has 0 spiro atoms. The topological polar surface area (TPSA) is 60.0 Å². The highest BCUT2D eigenvalue weighted by Crippen LogP contribution is 2.39. The lowest BCUT2D eigenvalue weighted by atomic mass is 9.85. The van der Waals surface area contributed by atoms with Gasteiger partial charge in [-0.15, -0.1) is 0 Å². The number of ether oxygens (including phenoxy) is 3. The van der Waals surface area contributed by atoms with Crippen LogP contribution >= 0.6 is 0 Å². The third-order valence-electron chi connectivity index (χ3n) is 6.33. The van der Waals surface area contributed by atoms with E-state index in [4.69, 9.17) is 14.2 Å². The van der Waals surface area contributed by atoms with E-state index in [0.717, 1.165) is 12.0 Å². The van der Waals surface area contributed by atoms with Gasteiger partial charge in [-0.1, -0.05) is 19.8 Å². The van der Waals surface area contributed by atoms with Crippen molar-refractivity contribution in [3.8, 4) is 17.2 Å². The minimum absolute atomic E-state index is 0.0785. The predicted octanol–water partition coefficient (Wildman–Crippen LogP) is 4.79. The minimum Gasteiger partial charge on any atom is -0.490 e. The van der Waals surface area contributed by atoms with Gasteiger partial charge < -0.3 is 19.5 Å². The second kappa shape index (κ2) is 11.6. The second-order valence-electron chi connectivity index (χ2n) is 8.98. The molecule has 0 heterocycles. The monoisotopic (exact) mass is 434 g/mol. The molecule has 1 amide bonds. The summed E-state index contributed by atoms with van der Waals surface area (Å²) in [5, 5.41) is 3.31. The number of carbonyl (C=O) groups is 1. The molecule has 1 aromatic carbocycles. The summed E-state index contributed by atoms with van der Waals surface area (Å²) >= 11 is 0. The van der Waals surface area contributed by atoms with Crippen LogP contribution in [0.4, 0.5) is 0 Å². The molecule has 1 N–H and O–H groups in total. The van der Waals surface area contributed by atoms with E-state index >= 15 is 0 Å². The summed E-state index contributed by atoms with van der Waals surface area (Å²) in [6.07, 6.45) is 4.71. The van der Waals surface area contributed by atoms with Crippen LogP contribution in [0, 0.1) is 5.92 Å². The molecule has 176 valence electrons. The van der Waals surface area contributed by atoms with Crippen molar-refractivity contribution in [1.29, 1.82) is 0 Å². The van der Waals surface area contributed by atoms with Gasteiger partial charge in [0.25, 0.3) is 0 Å². The van der Waals surface area contributed by atoms with Gasteiger partial charge in [-0.3, -0.25) is 9.69 Å². The van der Waals surface area contributed by atoms with Gasteiger partial charge in [-0.05, 0) is 78.1 Å². The van der Waals surface area contributed by atoms with Gasteiger partial charge in [0, 0.05) is 12.6 Å². The van der Waals surface area contributed by atoms with E-state index in [1.165, 1.54) is 19.3 Å². The van der Waals surface area contributed by atoms with Gasteiger partial charge in [0.05, 0.1) is 25.4 Å². The SMILES string of the molecule is CCOc1cc(CN(C)C(C)(C)C(=O)NC2CCCCC2C)cc(OCC)c1OCC. The molecule has 1 fully saturated rings. The predicted molar refractivity (Wildman–Crippen MR) is 125 cm³/mol. The molecule has 0 saturated heterocycles. The molecule has 31 heavy (non-hydrogen) atoms. The number of hydrogen-bond donors (Lipinski definition) is 1. The van der Waals surface area contributed by atoms with E-state index in [-0.39, 0.29) is 11.9 Å². The lowest BCUT2D eigenvalue weighted by Crippen LogP contribution is -2.56. The van der Waals surface area contributed by atoms with Crippen LogP contribution in [-0.4, -0.2) is 49.3 Å². The molecular formula is C25H42N2O4. The minimum atomic E-state index is -0.646. The van der Waals surface area contributed by atoms with Gasteiger partial charge in [-0.25, -0.2) is 0 Å². The Bertz CT molecular complexity index is 692. The summed E-state index contributed by atoms with van der Waals surface area (Å²) in [6, 6.07) is 4.25. The van der Waals surface area contributed by atoms with Crippen LogP contribution in [0.15, 0.2) is 12.1 Å². The molecule has 1 saturated carbocycles. The normalized spacial score (nSPS) is 19.2. The summed E-state index contributed by atoms with van der Waals surface area (Å²) < 4.78 is 17.5. The molecule has 0 radical (unpaired) electrons. The van der Waals surface area contributed by atoms with Crippen molar-refractivity contribution in [3.05, 3.63) is 17.7 Å². The number of carbonyl (C=O) groups excluding carboxylic acids is 1. The highest BCUT2D eigenvalue weighted by molar-refractivity contribution is 5.85. The first-order valence-corrected chi connectivity index (χ1v) is 11.8. The summed E-state index contributed by atoms with van der Waals surface area (Å²) in [4.78, 5) is 15.2. The molecule has 2 atom stereocenters. The number of amides is 1. The molecule has 1 aliphatic carbocycles. The fourth-order valence-corrected chi connectivity index (χ4v) is 4.05. The first kappa shape index (κ1) is 25.3. The zero-order valence-electron chi connectivity index (χ0n) is 20.5. The lowest BCUT2D eigenvalue weighted by molar-refractivity contribution is -0.132. The lowest BCUT2D eigenvalue weighted by Gasteiger charge is -2.38. The Labute approximate surface area is 188 Å². The Morgan fingerprint density at radius 3 is 2.10 bits per heavy atom. The van der Waals surface area contributed by atoms with Crippen LogP contribution in [0.2, 0.25) is 0 Å². The molecule has 1 aromatic rings. The summed E-state index contributed by atoms with van der Waals surface area (Å²) in [7, 11) is 1.99. The first-order chi connectivity index (χ1) is 14.7.